The Morgan fingerprint density at radius 1 is 1.30 bits per heavy atom. The number of anilines is 1. The molecule has 1 aliphatic heterocycles. The van der Waals surface area contributed by atoms with Gasteiger partial charge in [0.15, 0.2) is 5.65 Å². The molecule has 7 nitrogen and oxygen atoms in total. The lowest BCUT2D eigenvalue weighted by Crippen LogP contribution is -2.34. The molecule has 2 atom stereocenters. The van der Waals surface area contributed by atoms with Crippen molar-refractivity contribution in [3.8, 4) is 0 Å². The van der Waals surface area contributed by atoms with Crippen molar-refractivity contribution in [3.63, 3.8) is 0 Å². The Labute approximate surface area is 133 Å². The summed E-state index contributed by atoms with van der Waals surface area (Å²) in [6.45, 7) is 0.732. The van der Waals surface area contributed by atoms with Gasteiger partial charge in [-0.2, -0.15) is 5.10 Å². The SMILES string of the molecule is CN(c1ncnc2c1cnn2C)[C@H]1CCO[C@@H]1c1cccnc1. The van der Waals surface area contributed by atoms with Crippen LogP contribution in [0.25, 0.3) is 11.0 Å². The highest BCUT2D eigenvalue weighted by molar-refractivity contribution is 5.86. The third-order valence-electron chi connectivity index (χ3n) is 4.41. The third-order valence-corrected chi connectivity index (χ3v) is 4.41. The van der Waals surface area contributed by atoms with Crippen LogP contribution in [0.15, 0.2) is 37.1 Å². The molecule has 0 spiro atoms. The molecule has 1 fully saturated rings. The van der Waals surface area contributed by atoms with E-state index in [0.717, 1.165) is 35.4 Å². The Morgan fingerprint density at radius 3 is 3.04 bits per heavy atom. The summed E-state index contributed by atoms with van der Waals surface area (Å²) < 4.78 is 7.73. The molecule has 4 rings (SSSR count). The van der Waals surface area contributed by atoms with Gasteiger partial charge in [0.05, 0.1) is 17.6 Å². The van der Waals surface area contributed by atoms with E-state index < -0.39 is 0 Å². The topological polar surface area (TPSA) is 69.0 Å². The first-order chi connectivity index (χ1) is 11.3. The molecule has 0 bridgehead atoms. The molecule has 0 unspecified atom stereocenters. The minimum Gasteiger partial charge on any atom is -0.371 e. The van der Waals surface area contributed by atoms with Gasteiger partial charge in [0.25, 0.3) is 0 Å². The molecule has 3 aromatic rings. The molecule has 3 aromatic heterocycles. The number of hydrogen-bond acceptors (Lipinski definition) is 6. The Morgan fingerprint density at radius 2 is 2.22 bits per heavy atom. The first kappa shape index (κ1) is 14.1. The maximum Gasteiger partial charge on any atom is 0.163 e. The van der Waals surface area contributed by atoms with Crippen LogP contribution < -0.4 is 4.90 Å². The molecule has 0 aromatic carbocycles. The normalized spacial score (nSPS) is 21.0. The van der Waals surface area contributed by atoms with Crippen molar-refractivity contribution < 1.29 is 4.74 Å². The number of ether oxygens (including phenoxy) is 1. The van der Waals surface area contributed by atoms with Crippen LogP contribution in [0.5, 0.6) is 0 Å². The number of nitrogens with zero attached hydrogens (tertiary/aromatic N) is 6. The Hall–Kier alpha value is -2.54. The zero-order valence-electron chi connectivity index (χ0n) is 13.1. The smallest absolute Gasteiger partial charge is 0.163 e. The van der Waals surface area contributed by atoms with Crippen molar-refractivity contribution in [1.82, 2.24) is 24.7 Å². The number of hydrogen-bond donors (Lipinski definition) is 0. The van der Waals surface area contributed by atoms with Gasteiger partial charge < -0.3 is 9.64 Å². The van der Waals surface area contributed by atoms with Gasteiger partial charge >= 0.3 is 0 Å². The van der Waals surface area contributed by atoms with Crippen molar-refractivity contribution in [2.45, 2.75) is 18.6 Å². The lowest BCUT2D eigenvalue weighted by molar-refractivity contribution is 0.104. The summed E-state index contributed by atoms with van der Waals surface area (Å²) in [6.07, 6.45) is 8.00. The van der Waals surface area contributed by atoms with Crippen LogP contribution in [0.4, 0.5) is 5.82 Å². The van der Waals surface area contributed by atoms with E-state index in [2.05, 4.69) is 38.1 Å². The molecular formula is C16H18N6O. The minimum atomic E-state index is -0.00427. The number of pyridine rings is 1. The van der Waals surface area contributed by atoms with Gasteiger partial charge in [0, 0.05) is 38.7 Å². The van der Waals surface area contributed by atoms with E-state index in [9.17, 15) is 0 Å². The third kappa shape index (κ3) is 2.33. The molecule has 0 amide bonds. The second kappa shape index (κ2) is 5.58. The van der Waals surface area contributed by atoms with Crippen molar-refractivity contribution in [2.75, 3.05) is 18.6 Å². The summed E-state index contributed by atoms with van der Waals surface area (Å²) in [5.41, 5.74) is 1.93. The Kier molecular flexibility index (Phi) is 3.42. The average molecular weight is 310 g/mol. The average Bonchev–Trinajstić information content (AvgIpc) is 3.22. The number of likely N-dealkylation sites (N-methyl/N-ethyl adjacent to an activating group) is 1. The molecule has 0 aliphatic carbocycles. The zero-order chi connectivity index (χ0) is 15.8. The zero-order valence-corrected chi connectivity index (χ0v) is 13.1. The fourth-order valence-electron chi connectivity index (χ4n) is 3.23. The van der Waals surface area contributed by atoms with E-state index in [-0.39, 0.29) is 12.1 Å². The number of fused-ring (bicyclic) bond motifs is 1. The van der Waals surface area contributed by atoms with Crippen LogP contribution >= 0.6 is 0 Å². The molecule has 0 saturated carbocycles. The van der Waals surface area contributed by atoms with Crippen LogP contribution in [0.3, 0.4) is 0 Å². The largest absolute Gasteiger partial charge is 0.371 e. The monoisotopic (exact) mass is 310 g/mol. The van der Waals surface area contributed by atoms with E-state index in [4.69, 9.17) is 4.74 Å². The Balaban J connectivity index is 1.71. The van der Waals surface area contributed by atoms with Crippen molar-refractivity contribution in [2.24, 2.45) is 7.05 Å². The van der Waals surface area contributed by atoms with E-state index in [1.54, 1.807) is 17.2 Å². The first-order valence-electron chi connectivity index (χ1n) is 7.63. The van der Waals surface area contributed by atoms with E-state index >= 15 is 0 Å². The van der Waals surface area contributed by atoms with Gasteiger partial charge in [-0.1, -0.05) is 6.07 Å². The molecule has 118 valence electrons. The molecule has 7 heteroatoms. The second-order valence-electron chi connectivity index (χ2n) is 5.75. The van der Waals surface area contributed by atoms with Gasteiger partial charge in [-0.3, -0.25) is 9.67 Å². The fraction of sp³-hybridized carbons (Fsp3) is 0.375. The standard InChI is InChI=1S/C16H18N6O/c1-21(15-12-9-20-22(2)16(12)19-10-18-15)13-5-7-23-14(13)11-4-3-6-17-8-11/h3-4,6,8-10,13-14H,5,7H2,1-2H3/t13-,14+/m0/s1. The molecule has 4 heterocycles. The van der Waals surface area contributed by atoms with Crippen LogP contribution in [-0.4, -0.2) is 44.4 Å². The van der Waals surface area contributed by atoms with E-state index in [1.807, 2.05) is 25.5 Å². The lowest BCUT2D eigenvalue weighted by atomic mass is 10.0. The first-order valence-corrected chi connectivity index (χ1v) is 7.63. The molecular weight excluding hydrogens is 292 g/mol. The van der Waals surface area contributed by atoms with Crippen molar-refractivity contribution in [1.29, 1.82) is 0 Å². The van der Waals surface area contributed by atoms with Gasteiger partial charge in [0.2, 0.25) is 0 Å². The summed E-state index contributed by atoms with van der Waals surface area (Å²) in [4.78, 5) is 15.2. The maximum absolute atomic E-state index is 5.97. The van der Waals surface area contributed by atoms with Crippen LogP contribution in [0, 0.1) is 0 Å². The Bertz CT molecular complexity index is 818. The maximum atomic E-state index is 5.97. The summed E-state index contributed by atoms with van der Waals surface area (Å²) in [7, 11) is 3.94. The molecule has 0 N–H and O–H groups in total. The van der Waals surface area contributed by atoms with Gasteiger partial charge in [-0.05, 0) is 12.5 Å². The van der Waals surface area contributed by atoms with E-state index in [0.29, 0.717) is 0 Å². The van der Waals surface area contributed by atoms with Gasteiger partial charge in [-0.15, -0.1) is 0 Å². The lowest BCUT2D eigenvalue weighted by Gasteiger charge is -2.29. The highest BCUT2D eigenvalue weighted by Crippen LogP contribution is 2.35. The fourth-order valence-corrected chi connectivity index (χ4v) is 3.23. The van der Waals surface area contributed by atoms with Crippen molar-refractivity contribution >= 4 is 16.9 Å². The number of rotatable bonds is 3. The van der Waals surface area contributed by atoms with Crippen LogP contribution in [-0.2, 0) is 11.8 Å². The van der Waals surface area contributed by atoms with Crippen molar-refractivity contribution in [3.05, 3.63) is 42.6 Å². The quantitative estimate of drug-likeness (QED) is 0.734. The molecule has 0 radical (unpaired) electrons. The van der Waals surface area contributed by atoms with Crippen LogP contribution in [0.2, 0.25) is 0 Å². The highest BCUT2D eigenvalue weighted by atomic mass is 16.5. The molecule has 1 saturated heterocycles. The molecule has 1 aliphatic rings. The van der Waals surface area contributed by atoms with Gasteiger partial charge in [0.1, 0.15) is 18.2 Å². The predicted molar refractivity (Wildman–Crippen MR) is 86.0 cm³/mol. The second-order valence-corrected chi connectivity index (χ2v) is 5.75. The molecule has 23 heavy (non-hydrogen) atoms. The predicted octanol–water partition coefficient (Wildman–Crippen LogP) is 1.72. The highest BCUT2D eigenvalue weighted by Gasteiger charge is 2.34. The summed E-state index contributed by atoms with van der Waals surface area (Å²) in [5, 5.41) is 5.24. The van der Waals surface area contributed by atoms with E-state index in [1.165, 1.54) is 0 Å². The van der Waals surface area contributed by atoms with Crippen LogP contribution in [0.1, 0.15) is 18.1 Å². The summed E-state index contributed by atoms with van der Waals surface area (Å²) in [5.74, 6) is 0.882. The number of aryl methyl sites for hydroxylation is 1. The number of aromatic nitrogens is 5. The minimum absolute atomic E-state index is 0.00427. The summed E-state index contributed by atoms with van der Waals surface area (Å²) >= 11 is 0. The van der Waals surface area contributed by atoms with Gasteiger partial charge in [-0.25, -0.2) is 9.97 Å². The summed E-state index contributed by atoms with van der Waals surface area (Å²) in [6, 6.07) is 4.21.